The highest BCUT2D eigenvalue weighted by molar-refractivity contribution is 5.40. The van der Waals surface area contributed by atoms with Crippen molar-refractivity contribution in [1.29, 1.82) is 0 Å². The van der Waals surface area contributed by atoms with Gasteiger partial charge in [-0.3, -0.25) is 0 Å². The highest BCUT2D eigenvalue weighted by Crippen LogP contribution is 2.45. The van der Waals surface area contributed by atoms with Crippen molar-refractivity contribution in [2.75, 3.05) is 0 Å². The lowest BCUT2D eigenvalue weighted by Crippen LogP contribution is -2.31. The van der Waals surface area contributed by atoms with Gasteiger partial charge in [-0.1, -0.05) is 12.1 Å². The van der Waals surface area contributed by atoms with Gasteiger partial charge in [-0.05, 0) is 62.6 Å². The summed E-state index contributed by atoms with van der Waals surface area (Å²) in [6.07, 6.45) is 10.0. The Morgan fingerprint density at radius 2 is 1.79 bits per heavy atom. The second-order valence-electron chi connectivity index (χ2n) is 5.64. The molecule has 1 aromatic rings. The fourth-order valence-electron chi connectivity index (χ4n) is 3.11. The molecule has 0 atom stereocenters. The highest BCUT2D eigenvalue weighted by atomic mass is 16.5. The van der Waals surface area contributed by atoms with Gasteiger partial charge >= 0.3 is 0 Å². The summed E-state index contributed by atoms with van der Waals surface area (Å²) in [6, 6.07) is 8.11. The van der Waals surface area contributed by atoms with Gasteiger partial charge < -0.3 is 4.74 Å². The lowest BCUT2D eigenvalue weighted by Gasteiger charge is -2.37. The zero-order valence-corrected chi connectivity index (χ0v) is 11.1. The molecule has 0 bridgehead atoms. The van der Waals surface area contributed by atoms with Crippen LogP contribution in [0.2, 0.25) is 0 Å². The fourth-order valence-corrected chi connectivity index (χ4v) is 3.11. The summed E-state index contributed by atoms with van der Waals surface area (Å²) in [5.41, 5.74) is 0.814. The summed E-state index contributed by atoms with van der Waals surface area (Å²) < 4.78 is 5.95. The third-order valence-corrected chi connectivity index (χ3v) is 4.44. The Balaban J connectivity index is 1.73. The van der Waals surface area contributed by atoms with Crippen molar-refractivity contribution >= 4 is 6.08 Å². The molecule has 100 valence electrons. The van der Waals surface area contributed by atoms with Crippen LogP contribution in [0.25, 0.3) is 0 Å². The highest BCUT2D eigenvalue weighted by Gasteiger charge is 2.38. The molecule has 0 spiro atoms. The van der Waals surface area contributed by atoms with Crippen LogP contribution in [0.15, 0.2) is 29.3 Å². The van der Waals surface area contributed by atoms with Crippen LogP contribution in [-0.4, -0.2) is 12.2 Å². The Hall–Kier alpha value is -1.60. The summed E-state index contributed by atoms with van der Waals surface area (Å²) in [7, 11) is 0. The first-order valence-electron chi connectivity index (χ1n) is 7.19. The number of hydrogen-bond acceptors (Lipinski definition) is 3. The molecule has 0 N–H and O–H groups in total. The van der Waals surface area contributed by atoms with Crippen LogP contribution < -0.4 is 4.74 Å². The number of hydrogen-bond donors (Lipinski definition) is 0. The molecule has 2 fully saturated rings. The molecule has 1 aromatic carbocycles. The van der Waals surface area contributed by atoms with E-state index >= 15 is 0 Å². The molecule has 3 rings (SSSR count). The van der Waals surface area contributed by atoms with Crippen LogP contribution in [-0.2, 0) is 10.3 Å². The zero-order chi connectivity index (χ0) is 13.1. The maximum absolute atomic E-state index is 10.6. The molecule has 3 nitrogen and oxygen atoms in total. The van der Waals surface area contributed by atoms with E-state index in [-0.39, 0.29) is 5.54 Å². The molecule has 0 aliphatic heterocycles. The molecule has 0 unspecified atom stereocenters. The van der Waals surface area contributed by atoms with Gasteiger partial charge in [0.05, 0.1) is 11.6 Å². The molecule has 3 heteroatoms. The summed E-state index contributed by atoms with van der Waals surface area (Å²) >= 11 is 0. The quantitative estimate of drug-likeness (QED) is 0.609. The minimum Gasteiger partial charge on any atom is -0.490 e. The Labute approximate surface area is 113 Å². The summed E-state index contributed by atoms with van der Waals surface area (Å²) in [5.74, 6) is 0.931. The molecule has 0 radical (unpaired) electrons. The summed E-state index contributed by atoms with van der Waals surface area (Å²) in [6.45, 7) is 0. The molecule has 0 saturated heterocycles. The molecule has 2 saturated carbocycles. The van der Waals surface area contributed by atoms with Gasteiger partial charge in [-0.25, -0.2) is 4.79 Å². The van der Waals surface area contributed by atoms with Crippen molar-refractivity contribution < 1.29 is 9.53 Å². The molecule has 2 aliphatic rings. The summed E-state index contributed by atoms with van der Waals surface area (Å²) in [4.78, 5) is 14.6. The Morgan fingerprint density at radius 3 is 2.32 bits per heavy atom. The maximum atomic E-state index is 10.6. The van der Waals surface area contributed by atoms with Crippen LogP contribution in [0.1, 0.15) is 50.5 Å². The lowest BCUT2D eigenvalue weighted by molar-refractivity contribution is 0.209. The number of benzene rings is 1. The van der Waals surface area contributed by atoms with E-state index in [2.05, 4.69) is 4.99 Å². The smallest absolute Gasteiger partial charge is 0.235 e. The first kappa shape index (κ1) is 12.4. The number of aliphatic imine (C=N–C) groups is 1. The van der Waals surface area contributed by atoms with Gasteiger partial charge in [0.25, 0.3) is 0 Å². The van der Waals surface area contributed by atoms with Crippen molar-refractivity contribution in [2.24, 2.45) is 4.99 Å². The average Bonchev–Trinajstić information content (AvgIpc) is 2.88. The van der Waals surface area contributed by atoms with E-state index < -0.39 is 0 Å². The van der Waals surface area contributed by atoms with E-state index in [9.17, 15) is 4.79 Å². The predicted octanol–water partition coefficient (Wildman–Crippen LogP) is 3.72. The molecular formula is C16H19NO2. The van der Waals surface area contributed by atoms with Crippen LogP contribution in [0.3, 0.4) is 0 Å². The van der Waals surface area contributed by atoms with Crippen molar-refractivity contribution in [2.45, 2.75) is 56.6 Å². The van der Waals surface area contributed by atoms with Crippen molar-refractivity contribution in [3.8, 4) is 5.75 Å². The van der Waals surface area contributed by atoms with Gasteiger partial charge in [0, 0.05) is 0 Å². The van der Waals surface area contributed by atoms with Crippen LogP contribution in [0, 0.1) is 0 Å². The topological polar surface area (TPSA) is 38.7 Å². The average molecular weight is 257 g/mol. The second kappa shape index (κ2) is 5.18. The van der Waals surface area contributed by atoms with Crippen molar-refractivity contribution in [3.05, 3.63) is 29.8 Å². The van der Waals surface area contributed by atoms with Crippen LogP contribution in [0.5, 0.6) is 5.75 Å². The summed E-state index contributed by atoms with van der Waals surface area (Å²) in [5, 5.41) is 0. The monoisotopic (exact) mass is 257 g/mol. The molecular weight excluding hydrogens is 238 g/mol. The van der Waals surface area contributed by atoms with Crippen molar-refractivity contribution in [3.63, 3.8) is 0 Å². The van der Waals surface area contributed by atoms with E-state index in [0.29, 0.717) is 6.10 Å². The Kier molecular flexibility index (Phi) is 3.39. The molecule has 0 heterocycles. The normalized spacial score (nSPS) is 21.5. The first-order chi connectivity index (χ1) is 9.32. The zero-order valence-electron chi connectivity index (χ0n) is 11.1. The third-order valence-electron chi connectivity index (χ3n) is 4.44. The van der Waals surface area contributed by atoms with Gasteiger partial charge in [-0.2, -0.15) is 4.99 Å². The Morgan fingerprint density at radius 1 is 1.11 bits per heavy atom. The van der Waals surface area contributed by atoms with Crippen LogP contribution in [0.4, 0.5) is 0 Å². The van der Waals surface area contributed by atoms with E-state index in [1.165, 1.54) is 25.7 Å². The van der Waals surface area contributed by atoms with E-state index in [4.69, 9.17) is 4.74 Å². The third kappa shape index (κ3) is 2.43. The maximum Gasteiger partial charge on any atom is 0.235 e. The predicted molar refractivity (Wildman–Crippen MR) is 73.0 cm³/mol. The standard InChI is InChI=1S/C16H19NO2/c18-12-17-16(10-3-11-16)13-6-8-15(9-7-13)19-14-4-1-2-5-14/h6-9,14H,1-5,10-11H2. The minimum atomic E-state index is -0.298. The molecule has 19 heavy (non-hydrogen) atoms. The van der Waals surface area contributed by atoms with Crippen LogP contribution >= 0.6 is 0 Å². The Bertz CT molecular complexity index is 478. The number of nitrogens with zero attached hydrogens (tertiary/aromatic N) is 1. The molecule has 0 aromatic heterocycles. The molecule has 2 aliphatic carbocycles. The molecule has 0 amide bonds. The fraction of sp³-hybridized carbons (Fsp3) is 0.562. The number of carbonyl (C=O) groups excluding carboxylic acids is 1. The minimum absolute atomic E-state index is 0.298. The number of ether oxygens (including phenoxy) is 1. The largest absolute Gasteiger partial charge is 0.490 e. The van der Waals surface area contributed by atoms with Gasteiger partial charge in [-0.15, -0.1) is 0 Å². The van der Waals surface area contributed by atoms with E-state index in [1.54, 1.807) is 6.08 Å². The van der Waals surface area contributed by atoms with Gasteiger partial charge in [0.2, 0.25) is 6.08 Å². The van der Waals surface area contributed by atoms with E-state index in [1.807, 2.05) is 24.3 Å². The second-order valence-corrected chi connectivity index (χ2v) is 5.64. The SMILES string of the molecule is O=C=NC1(c2ccc(OC3CCCC3)cc2)CCC1. The lowest BCUT2D eigenvalue weighted by atomic mass is 9.72. The first-order valence-corrected chi connectivity index (χ1v) is 7.19. The number of rotatable bonds is 4. The van der Waals surface area contributed by atoms with Gasteiger partial charge in [0.1, 0.15) is 5.75 Å². The van der Waals surface area contributed by atoms with E-state index in [0.717, 1.165) is 30.6 Å². The number of isocyanates is 1. The van der Waals surface area contributed by atoms with Crippen molar-refractivity contribution in [1.82, 2.24) is 0 Å². The van der Waals surface area contributed by atoms with Gasteiger partial charge in [0.15, 0.2) is 0 Å².